The molecule has 4 aliphatic carbocycles. The molecule has 4 saturated carbocycles. The maximum absolute atomic E-state index is 12.4. The van der Waals surface area contributed by atoms with E-state index in [2.05, 4.69) is 20.8 Å². The lowest BCUT2D eigenvalue weighted by Gasteiger charge is -2.62. The lowest BCUT2D eigenvalue weighted by Crippen LogP contribution is -2.59. The Morgan fingerprint density at radius 3 is 2.03 bits per heavy atom. The first-order valence-corrected chi connectivity index (χ1v) is 18.4. The monoisotopic (exact) mass is 574 g/mol. The Bertz CT molecular complexity index is 1100. The summed E-state index contributed by atoms with van der Waals surface area (Å²) in [5, 5.41) is 0. The fourth-order valence-corrected chi connectivity index (χ4v) is 11.1. The molecule has 4 rings (SSSR count). The van der Waals surface area contributed by atoms with Crippen molar-refractivity contribution >= 4 is 26.0 Å². The molecule has 0 aromatic carbocycles. The lowest BCUT2D eigenvalue weighted by atomic mass is 9.43. The van der Waals surface area contributed by atoms with Crippen molar-refractivity contribution in [3.05, 3.63) is 0 Å². The van der Waals surface area contributed by atoms with E-state index in [9.17, 15) is 21.6 Å². The molecule has 38 heavy (non-hydrogen) atoms. The van der Waals surface area contributed by atoms with Crippen LogP contribution in [0.1, 0.15) is 98.8 Å². The Morgan fingerprint density at radius 2 is 1.42 bits per heavy atom. The van der Waals surface area contributed by atoms with Crippen molar-refractivity contribution in [2.75, 3.05) is 12.5 Å². The molecule has 0 heterocycles. The number of rotatable bonds is 9. The molecule has 9 heteroatoms. The van der Waals surface area contributed by atoms with Gasteiger partial charge in [-0.1, -0.05) is 34.6 Å². The van der Waals surface area contributed by atoms with E-state index in [0.29, 0.717) is 61.1 Å². The van der Waals surface area contributed by atoms with E-state index in [1.807, 2.05) is 13.8 Å². The van der Waals surface area contributed by atoms with Crippen LogP contribution in [0.3, 0.4) is 0 Å². The van der Waals surface area contributed by atoms with E-state index >= 15 is 0 Å². The van der Waals surface area contributed by atoms with Gasteiger partial charge in [-0.05, 0) is 104 Å². The smallest absolute Gasteiger partial charge is 0.264 e. The molecule has 7 nitrogen and oxygen atoms in total. The Kier molecular flexibility index (Phi) is 8.59. The third-order valence-corrected chi connectivity index (χ3v) is 12.7. The van der Waals surface area contributed by atoms with Crippen LogP contribution in [0.2, 0.25) is 0 Å². The summed E-state index contributed by atoms with van der Waals surface area (Å²) >= 11 is 0. The molecular formula is C29H50O7S2. The first-order chi connectivity index (χ1) is 17.4. The van der Waals surface area contributed by atoms with Crippen LogP contribution >= 0.6 is 0 Å². The molecule has 0 aliphatic heterocycles. The number of carbonyl (C=O) groups excluding carboxylic acids is 1. The van der Waals surface area contributed by atoms with Gasteiger partial charge in [-0.2, -0.15) is 16.8 Å². The van der Waals surface area contributed by atoms with E-state index in [0.717, 1.165) is 44.6 Å². The molecular weight excluding hydrogens is 524 g/mol. The van der Waals surface area contributed by atoms with Crippen molar-refractivity contribution in [1.82, 2.24) is 0 Å². The fraction of sp³-hybridized carbons (Fsp3) is 0.966. The van der Waals surface area contributed by atoms with Gasteiger partial charge < -0.3 is 0 Å². The molecule has 0 aromatic rings. The Morgan fingerprint density at radius 1 is 0.816 bits per heavy atom. The predicted octanol–water partition coefficient (Wildman–Crippen LogP) is 5.59. The highest BCUT2D eigenvalue weighted by Gasteiger charge is 2.63. The number of fused-ring (bicyclic) bond motifs is 5. The van der Waals surface area contributed by atoms with E-state index in [4.69, 9.17) is 8.37 Å². The summed E-state index contributed by atoms with van der Waals surface area (Å²) in [6.07, 6.45) is 10.2. The van der Waals surface area contributed by atoms with Crippen LogP contribution in [0.25, 0.3) is 0 Å². The molecule has 0 aromatic heterocycles. The summed E-state index contributed by atoms with van der Waals surface area (Å²) in [6, 6.07) is 0. The zero-order valence-electron chi connectivity index (χ0n) is 24.4. The van der Waals surface area contributed by atoms with Crippen LogP contribution in [0, 0.1) is 52.3 Å². The van der Waals surface area contributed by atoms with Gasteiger partial charge in [0.15, 0.2) is 0 Å². The number of hydrogen-bond acceptors (Lipinski definition) is 7. The minimum atomic E-state index is -3.67. The minimum Gasteiger partial charge on any atom is -0.299 e. The number of Topliss-reactive ketones (excluding diaryl/α,β-unsaturated/α-hetero) is 1. The van der Waals surface area contributed by atoms with Crippen LogP contribution < -0.4 is 0 Å². The SMILES string of the molecule is CC(C)C(=O)CC[C@@H](C)[C@H]1CC[C@H]2[C@@H]3C[C@H](OS(C)(=O)=O)[C@@H]4C[C@H](OS(C)(=O)=O)CC[C@]4(C)[C@H]3CC[C@]12C. The highest BCUT2D eigenvalue weighted by molar-refractivity contribution is 7.86. The molecule has 0 amide bonds. The Balaban J connectivity index is 1.58. The number of hydrogen-bond donors (Lipinski definition) is 0. The molecule has 0 spiro atoms. The van der Waals surface area contributed by atoms with Crippen molar-refractivity contribution in [2.45, 2.75) is 111 Å². The zero-order valence-corrected chi connectivity index (χ0v) is 26.1. The summed E-state index contributed by atoms with van der Waals surface area (Å²) in [4.78, 5) is 12.3. The largest absolute Gasteiger partial charge is 0.299 e. The molecule has 0 saturated heterocycles. The van der Waals surface area contributed by atoms with Gasteiger partial charge >= 0.3 is 0 Å². The molecule has 4 aliphatic rings. The molecule has 10 atom stereocenters. The van der Waals surface area contributed by atoms with Gasteiger partial charge in [0, 0.05) is 12.3 Å². The highest BCUT2D eigenvalue weighted by Crippen LogP contribution is 2.68. The summed E-state index contributed by atoms with van der Waals surface area (Å²) in [5.74, 6) is 2.83. The summed E-state index contributed by atoms with van der Waals surface area (Å²) in [7, 11) is -7.25. The standard InChI is InChI=1S/C29H50O7S2/c1-18(2)26(30)11-8-19(3)22-9-10-23-21-17-27(36-38(7,33)34)25-16-20(35-37(6,31)32)12-14-29(25,5)24(21)13-15-28(22,23)4/h18-25,27H,8-17H2,1-7H3/t19-,20-,21+,22-,23+,24+,25+,27+,28-,29-/m1/s1. The summed E-state index contributed by atoms with van der Waals surface area (Å²) < 4.78 is 59.7. The number of carbonyl (C=O) groups is 1. The highest BCUT2D eigenvalue weighted by atomic mass is 32.2. The summed E-state index contributed by atoms with van der Waals surface area (Å²) in [5.41, 5.74) is 0.0846. The maximum Gasteiger partial charge on any atom is 0.264 e. The molecule has 4 fully saturated rings. The van der Waals surface area contributed by atoms with Crippen molar-refractivity contribution in [2.24, 2.45) is 52.3 Å². The molecule has 0 N–H and O–H groups in total. The quantitative estimate of drug-likeness (QED) is 0.331. The van der Waals surface area contributed by atoms with Gasteiger partial charge in [-0.15, -0.1) is 0 Å². The van der Waals surface area contributed by atoms with Crippen LogP contribution in [0.4, 0.5) is 0 Å². The first-order valence-electron chi connectivity index (χ1n) is 14.7. The van der Waals surface area contributed by atoms with Crippen LogP contribution in [-0.2, 0) is 33.4 Å². The van der Waals surface area contributed by atoms with E-state index in [-0.39, 0.29) is 22.7 Å². The third kappa shape index (κ3) is 6.06. The van der Waals surface area contributed by atoms with Crippen LogP contribution in [0.5, 0.6) is 0 Å². The molecule has 0 bridgehead atoms. The minimum absolute atomic E-state index is 0.0542. The van der Waals surface area contributed by atoms with Gasteiger partial charge in [-0.3, -0.25) is 13.2 Å². The second-order valence-corrected chi connectivity index (χ2v) is 17.3. The van der Waals surface area contributed by atoms with Crippen molar-refractivity contribution < 1.29 is 30.0 Å². The molecule has 0 radical (unpaired) electrons. The van der Waals surface area contributed by atoms with Gasteiger partial charge in [0.2, 0.25) is 0 Å². The van der Waals surface area contributed by atoms with E-state index < -0.39 is 32.4 Å². The average molecular weight is 575 g/mol. The van der Waals surface area contributed by atoms with Crippen molar-refractivity contribution in [3.8, 4) is 0 Å². The average Bonchev–Trinajstić information content (AvgIpc) is 3.13. The van der Waals surface area contributed by atoms with E-state index in [1.54, 1.807) is 0 Å². The lowest BCUT2D eigenvalue weighted by molar-refractivity contribution is -0.162. The van der Waals surface area contributed by atoms with Gasteiger partial charge in [0.05, 0.1) is 24.7 Å². The van der Waals surface area contributed by atoms with Crippen LogP contribution in [0.15, 0.2) is 0 Å². The van der Waals surface area contributed by atoms with Crippen LogP contribution in [-0.4, -0.2) is 47.3 Å². The third-order valence-electron chi connectivity index (χ3n) is 11.5. The topological polar surface area (TPSA) is 104 Å². The van der Waals surface area contributed by atoms with E-state index in [1.165, 1.54) is 6.42 Å². The predicted molar refractivity (Wildman–Crippen MR) is 148 cm³/mol. The molecule has 0 unspecified atom stereocenters. The maximum atomic E-state index is 12.4. The second-order valence-electron chi connectivity index (χ2n) is 14.1. The fourth-order valence-electron chi connectivity index (χ4n) is 9.73. The number of ketones is 1. The van der Waals surface area contributed by atoms with Crippen molar-refractivity contribution in [3.63, 3.8) is 0 Å². The van der Waals surface area contributed by atoms with Gasteiger partial charge in [-0.25, -0.2) is 0 Å². The molecule has 220 valence electrons. The first kappa shape index (κ1) is 30.4. The zero-order chi connectivity index (χ0) is 28.3. The second kappa shape index (κ2) is 10.7. The van der Waals surface area contributed by atoms with Gasteiger partial charge in [0.25, 0.3) is 20.2 Å². The normalized spacial score (nSPS) is 42.3. The van der Waals surface area contributed by atoms with Crippen molar-refractivity contribution in [1.29, 1.82) is 0 Å². The van der Waals surface area contributed by atoms with Gasteiger partial charge in [0.1, 0.15) is 5.78 Å². The summed E-state index contributed by atoms with van der Waals surface area (Å²) in [6.45, 7) is 11.1. The Hall–Kier alpha value is -0.510. The Labute approximate surface area is 231 Å².